The number of hydrogen-bond donors (Lipinski definition) is 1. The second-order valence-electron chi connectivity index (χ2n) is 6.76. The SMILES string of the molecule is c1ccc2c(c1)CC(CC1(CNC3CC3)CCC1)O2. The van der Waals surface area contributed by atoms with Gasteiger partial charge < -0.3 is 10.1 Å². The highest BCUT2D eigenvalue weighted by atomic mass is 16.5. The molecule has 2 fully saturated rings. The Morgan fingerprint density at radius 3 is 2.74 bits per heavy atom. The van der Waals surface area contributed by atoms with Crippen LogP contribution >= 0.6 is 0 Å². The molecule has 2 saturated carbocycles. The van der Waals surface area contributed by atoms with Gasteiger partial charge in [-0.2, -0.15) is 0 Å². The topological polar surface area (TPSA) is 21.3 Å². The predicted molar refractivity (Wildman–Crippen MR) is 76.5 cm³/mol. The molecule has 1 atom stereocenters. The van der Waals surface area contributed by atoms with Gasteiger partial charge in [-0.15, -0.1) is 0 Å². The van der Waals surface area contributed by atoms with Crippen LogP contribution in [0.15, 0.2) is 24.3 Å². The third-order valence-electron chi connectivity index (χ3n) is 5.13. The van der Waals surface area contributed by atoms with Gasteiger partial charge in [-0.1, -0.05) is 24.6 Å². The maximum absolute atomic E-state index is 6.13. The molecule has 1 aromatic carbocycles. The van der Waals surface area contributed by atoms with Gasteiger partial charge in [0.1, 0.15) is 11.9 Å². The fourth-order valence-electron chi connectivity index (χ4n) is 3.63. The van der Waals surface area contributed by atoms with Crippen LogP contribution in [0.4, 0.5) is 0 Å². The third kappa shape index (κ3) is 2.38. The van der Waals surface area contributed by atoms with Gasteiger partial charge in [0, 0.05) is 19.0 Å². The summed E-state index contributed by atoms with van der Waals surface area (Å²) in [6, 6.07) is 9.36. The lowest BCUT2D eigenvalue weighted by atomic mass is 9.65. The van der Waals surface area contributed by atoms with E-state index in [1.54, 1.807) is 0 Å². The molecule has 102 valence electrons. The Balaban J connectivity index is 1.38. The van der Waals surface area contributed by atoms with E-state index in [0.717, 1.165) is 18.2 Å². The molecular weight excluding hydrogens is 234 g/mol. The van der Waals surface area contributed by atoms with Crippen molar-refractivity contribution in [2.45, 2.75) is 57.1 Å². The molecule has 0 bridgehead atoms. The number of hydrogen-bond acceptors (Lipinski definition) is 2. The molecule has 1 N–H and O–H groups in total. The van der Waals surface area contributed by atoms with Crippen molar-refractivity contribution in [2.75, 3.05) is 6.54 Å². The smallest absolute Gasteiger partial charge is 0.123 e. The molecule has 3 aliphatic rings. The highest BCUT2D eigenvalue weighted by molar-refractivity contribution is 5.37. The van der Waals surface area contributed by atoms with Crippen molar-refractivity contribution in [3.05, 3.63) is 29.8 Å². The first-order valence-electron chi connectivity index (χ1n) is 7.81. The number of benzene rings is 1. The Kier molecular flexibility index (Phi) is 2.80. The van der Waals surface area contributed by atoms with E-state index in [4.69, 9.17) is 4.74 Å². The van der Waals surface area contributed by atoms with E-state index in [2.05, 4.69) is 29.6 Å². The monoisotopic (exact) mass is 257 g/mol. The van der Waals surface area contributed by atoms with Crippen molar-refractivity contribution in [1.29, 1.82) is 0 Å². The van der Waals surface area contributed by atoms with Crippen LogP contribution in [0.1, 0.15) is 44.1 Å². The van der Waals surface area contributed by atoms with Gasteiger partial charge in [-0.05, 0) is 49.1 Å². The van der Waals surface area contributed by atoms with E-state index < -0.39 is 0 Å². The van der Waals surface area contributed by atoms with Crippen molar-refractivity contribution in [3.8, 4) is 5.75 Å². The third-order valence-corrected chi connectivity index (χ3v) is 5.13. The highest BCUT2D eigenvalue weighted by Crippen LogP contribution is 2.47. The van der Waals surface area contributed by atoms with Gasteiger partial charge in [-0.3, -0.25) is 0 Å². The highest BCUT2D eigenvalue weighted by Gasteiger charge is 2.41. The Bertz CT molecular complexity index is 437. The summed E-state index contributed by atoms with van der Waals surface area (Å²) in [4.78, 5) is 0. The second-order valence-corrected chi connectivity index (χ2v) is 6.76. The van der Waals surface area contributed by atoms with Crippen LogP contribution in [-0.4, -0.2) is 18.7 Å². The predicted octanol–water partition coefficient (Wildman–Crippen LogP) is 3.30. The fraction of sp³-hybridized carbons (Fsp3) is 0.647. The molecule has 0 spiro atoms. The second kappa shape index (κ2) is 4.52. The summed E-state index contributed by atoms with van der Waals surface area (Å²) < 4.78 is 6.13. The normalized spacial score (nSPS) is 27.5. The number of para-hydroxylation sites is 1. The van der Waals surface area contributed by atoms with Gasteiger partial charge in [0.25, 0.3) is 0 Å². The zero-order valence-corrected chi connectivity index (χ0v) is 11.5. The molecular formula is C17H23NO. The molecule has 0 saturated heterocycles. The summed E-state index contributed by atoms with van der Waals surface area (Å²) in [6.07, 6.45) is 9.74. The molecule has 19 heavy (non-hydrogen) atoms. The van der Waals surface area contributed by atoms with E-state index >= 15 is 0 Å². The van der Waals surface area contributed by atoms with Gasteiger partial charge in [-0.25, -0.2) is 0 Å². The molecule has 2 nitrogen and oxygen atoms in total. The Labute approximate surface area is 115 Å². The van der Waals surface area contributed by atoms with Gasteiger partial charge >= 0.3 is 0 Å². The van der Waals surface area contributed by atoms with E-state index in [9.17, 15) is 0 Å². The molecule has 1 aromatic rings. The van der Waals surface area contributed by atoms with E-state index in [0.29, 0.717) is 11.5 Å². The van der Waals surface area contributed by atoms with Gasteiger partial charge in [0.05, 0.1) is 0 Å². The van der Waals surface area contributed by atoms with Crippen molar-refractivity contribution in [2.24, 2.45) is 5.41 Å². The summed E-state index contributed by atoms with van der Waals surface area (Å²) in [5, 5.41) is 3.74. The fourth-order valence-corrected chi connectivity index (χ4v) is 3.63. The Hall–Kier alpha value is -1.02. The Morgan fingerprint density at radius 1 is 1.21 bits per heavy atom. The molecule has 4 rings (SSSR count). The lowest BCUT2D eigenvalue weighted by molar-refractivity contribution is 0.0605. The van der Waals surface area contributed by atoms with Crippen molar-refractivity contribution >= 4 is 0 Å². The van der Waals surface area contributed by atoms with E-state index in [1.807, 2.05) is 0 Å². The summed E-state index contributed by atoms with van der Waals surface area (Å²) in [7, 11) is 0. The van der Waals surface area contributed by atoms with Gasteiger partial charge in [0.2, 0.25) is 0 Å². The molecule has 0 aromatic heterocycles. The van der Waals surface area contributed by atoms with Crippen LogP contribution in [0.3, 0.4) is 0 Å². The summed E-state index contributed by atoms with van der Waals surface area (Å²) in [5.41, 5.74) is 1.94. The van der Waals surface area contributed by atoms with E-state index in [1.165, 1.54) is 50.6 Å². The zero-order chi connectivity index (χ0) is 12.7. The van der Waals surface area contributed by atoms with Crippen LogP contribution in [-0.2, 0) is 6.42 Å². The maximum atomic E-state index is 6.13. The molecule has 1 heterocycles. The molecule has 0 amide bonds. The molecule has 1 unspecified atom stereocenters. The lowest BCUT2D eigenvalue weighted by Gasteiger charge is -2.43. The first-order chi connectivity index (χ1) is 9.33. The number of ether oxygens (including phenoxy) is 1. The summed E-state index contributed by atoms with van der Waals surface area (Å²) >= 11 is 0. The number of rotatable bonds is 5. The van der Waals surface area contributed by atoms with Crippen LogP contribution < -0.4 is 10.1 Å². The first kappa shape index (κ1) is 11.8. The summed E-state index contributed by atoms with van der Waals surface area (Å²) in [6.45, 7) is 1.22. The van der Waals surface area contributed by atoms with Crippen LogP contribution in [0.5, 0.6) is 5.75 Å². The quantitative estimate of drug-likeness (QED) is 0.874. The first-order valence-corrected chi connectivity index (χ1v) is 7.81. The minimum atomic E-state index is 0.415. The average molecular weight is 257 g/mol. The molecule has 2 heteroatoms. The summed E-state index contributed by atoms with van der Waals surface area (Å²) in [5.74, 6) is 1.12. The number of nitrogens with one attached hydrogen (secondary N) is 1. The van der Waals surface area contributed by atoms with Crippen LogP contribution in [0, 0.1) is 5.41 Å². The van der Waals surface area contributed by atoms with Crippen molar-refractivity contribution in [3.63, 3.8) is 0 Å². The standard InChI is InChI=1S/C17H23NO/c1-2-5-16-13(4-1)10-15(19-16)11-17(8-3-9-17)12-18-14-6-7-14/h1-2,4-5,14-15,18H,3,6-12H2. The Morgan fingerprint density at radius 2 is 2.05 bits per heavy atom. The molecule has 2 aliphatic carbocycles. The van der Waals surface area contributed by atoms with Crippen LogP contribution in [0.2, 0.25) is 0 Å². The zero-order valence-electron chi connectivity index (χ0n) is 11.5. The largest absolute Gasteiger partial charge is 0.490 e. The maximum Gasteiger partial charge on any atom is 0.123 e. The average Bonchev–Trinajstić information content (AvgIpc) is 3.11. The minimum Gasteiger partial charge on any atom is -0.490 e. The van der Waals surface area contributed by atoms with Crippen LogP contribution in [0.25, 0.3) is 0 Å². The lowest BCUT2D eigenvalue weighted by Crippen LogP contribution is -2.43. The molecule has 0 radical (unpaired) electrons. The molecule has 1 aliphatic heterocycles. The van der Waals surface area contributed by atoms with Gasteiger partial charge in [0.15, 0.2) is 0 Å². The van der Waals surface area contributed by atoms with Crippen molar-refractivity contribution in [1.82, 2.24) is 5.32 Å². The van der Waals surface area contributed by atoms with E-state index in [-0.39, 0.29) is 0 Å². The minimum absolute atomic E-state index is 0.415. The van der Waals surface area contributed by atoms with Crippen molar-refractivity contribution < 1.29 is 4.74 Å². The number of fused-ring (bicyclic) bond motifs is 1.